The monoisotopic (exact) mass is 879 g/mol. The fraction of sp³-hybridized carbons (Fsp3) is 0.759. The largest absolute Gasteiger partial charge is 0.462 e. The highest BCUT2D eigenvalue weighted by Gasteiger charge is 2.16. The Labute approximate surface area is 391 Å². The molecule has 1 atom stereocenters. The Morgan fingerprint density at radius 3 is 1.03 bits per heavy atom. The number of carbonyl (C=O) groups excluding carboxylic acids is 2. The van der Waals surface area contributed by atoms with Gasteiger partial charge >= 0.3 is 11.9 Å². The predicted octanol–water partition coefficient (Wildman–Crippen LogP) is 18.0. The van der Waals surface area contributed by atoms with E-state index in [0.717, 1.165) is 77.0 Å². The Morgan fingerprint density at radius 1 is 0.381 bits per heavy atom. The summed E-state index contributed by atoms with van der Waals surface area (Å²) in [5.41, 5.74) is 0. The minimum Gasteiger partial charge on any atom is -0.462 e. The zero-order valence-corrected chi connectivity index (χ0v) is 41.6. The fourth-order valence-corrected chi connectivity index (χ4v) is 7.70. The molecule has 5 heteroatoms. The van der Waals surface area contributed by atoms with E-state index in [-0.39, 0.29) is 25.2 Å². The number of rotatable bonds is 49. The summed E-state index contributed by atoms with van der Waals surface area (Å²) >= 11 is 0. The summed E-state index contributed by atoms with van der Waals surface area (Å²) in [6, 6.07) is 0. The van der Waals surface area contributed by atoms with Crippen LogP contribution in [0.4, 0.5) is 0 Å². The number of allylic oxidation sites excluding steroid dienone is 12. The third kappa shape index (κ3) is 51.9. The highest BCUT2D eigenvalue weighted by atomic mass is 16.6. The third-order valence-electron chi connectivity index (χ3n) is 11.7. The summed E-state index contributed by atoms with van der Waals surface area (Å²) in [5.74, 6) is -0.599. The van der Waals surface area contributed by atoms with Gasteiger partial charge < -0.3 is 14.6 Å². The molecule has 0 aromatic carbocycles. The first-order valence-electron chi connectivity index (χ1n) is 27.0. The normalized spacial score (nSPS) is 12.7. The molecular formula is C58H102O5. The van der Waals surface area contributed by atoms with E-state index in [1.807, 2.05) is 0 Å². The Kier molecular flexibility index (Phi) is 51.4. The fourth-order valence-electron chi connectivity index (χ4n) is 7.70. The van der Waals surface area contributed by atoms with E-state index < -0.39 is 6.10 Å². The molecule has 1 N–H and O–H groups in total. The van der Waals surface area contributed by atoms with Gasteiger partial charge in [0.1, 0.15) is 6.61 Å². The summed E-state index contributed by atoms with van der Waals surface area (Å²) in [4.78, 5) is 24.4. The molecule has 0 saturated carbocycles. The van der Waals surface area contributed by atoms with Crippen molar-refractivity contribution in [3.05, 3.63) is 72.9 Å². The lowest BCUT2D eigenvalue weighted by Gasteiger charge is -2.15. The van der Waals surface area contributed by atoms with Crippen LogP contribution in [0.15, 0.2) is 72.9 Å². The van der Waals surface area contributed by atoms with E-state index in [2.05, 4.69) is 86.8 Å². The van der Waals surface area contributed by atoms with Crippen LogP contribution in [0.5, 0.6) is 0 Å². The quantitative estimate of drug-likeness (QED) is 0.0374. The van der Waals surface area contributed by atoms with Crippen LogP contribution in [0, 0.1) is 0 Å². The van der Waals surface area contributed by atoms with Crippen molar-refractivity contribution in [1.82, 2.24) is 0 Å². The lowest BCUT2D eigenvalue weighted by atomic mass is 10.0. The molecular weight excluding hydrogens is 777 g/mol. The van der Waals surface area contributed by atoms with Crippen molar-refractivity contribution < 1.29 is 24.2 Å². The molecule has 364 valence electrons. The Bertz CT molecular complexity index is 1130. The minimum absolute atomic E-state index is 0.0724. The number of unbranched alkanes of at least 4 members (excludes halogenated alkanes) is 29. The van der Waals surface area contributed by atoms with Gasteiger partial charge in [0.2, 0.25) is 0 Å². The Hall–Kier alpha value is -2.66. The van der Waals surface area contributed by atoms with Crippen molar-refractivity contribution >= 4 is 11.9 Å². The van der Waals surface area contributed by atoms with Crippen molar-refractivity contribution in [1.29, 1.82) is 0 Å². The van der Waals surface area contributed by atoms with Gasteiger partial charge in [0.25, 0.3) is 0 Å². The highest BCUT2D eigenvalue weighted by Crippen LogP contribution is 2.16. The lowest BCUT2D eigenvalue weighted by molar-refractivity contribution is -0.161. The number of carbonyl (C=O) groups is 2. The molecule has 0 amide bonds. The number of esters is 2. The van der Waals surface area contributed by atoms with Crippen LogP contribution < -0.4 is 0 Å². The molecule has 63 heavy (non-hydrogen) atoms. The van der Waals surface area contributed by atoms with E-state index in [4.69, 9.17) is 9.47 Å². The molecule has 0 aromatic heterocycles. The first-order valence-corrected chi connectivity index (χ1v) is 27.0. The third-order valence-corrected chi connectivity index (χ3v) is 11.7. The number of hydrogen-bond donors (Lipinski definition) is 1. The standard InChI is InChI=1S/C58H102O5/c1-3-5-7-9-11-13-15-17-19-21-22-23-24-25-26-27-28-29-30-31-32-33-34-35-36-37-39-41-43-45-47-49-51-53-58(61)63-56(54-59)55-62-57(60)52-50-48-46-44-42-40-38-20-18-16-14-12-10-8-6-4-2/h5,7,11,13-14,16-17,19-20,22-23,38,56,59H,3-4,6,8-10,12,15,18,21,24-37,39-55H2,1-2H3/b7-5-,13-11-,16-14-,19-17-,23-22-,38-20-. The van der Waals surface area contributed by atoms with Crippen LogP contribution in [-0.2, 0) is 19.1 Å². The second-order valence-corrected chi connectivity index (χ2v) is 17.9. The number of aliphatic hydroxyl groups is 1. The van der Waals surface area contributed by atoms with Crippen molar-refractivity contribution in [2.75, 3.05) is 13.2 Å². The van der Waals surface area contributed by atoms with Crippen molar-refractivity contribution in [2.45, 2.75) is 270 Å². The van der Waals surface area contributed by atoms with E-state index in [1.54, 1.807) is 0 Å². The Morgan fingerprint density at radius 2 is 0.683 bits per heavy atom. The summed E-state index contributed by atoms with van der Waals surface area (Å²) in [5, 5.41) is 9.63. The molecule has 1 unspecified atom stereocenters. The Balaban J connectivity index is 3.45. The molecule has 0 heterocycles. The van der Waals surface area contributed by atoms with Gasteiger partial charge in [-0.3, -0.25) is 9.59 Å². The van der Waals surface area contributed by atoms with Gasteiger partial charge in [0, 0.05) is 12.8 Å². The van der Waals surface area contributed by atoms with Gasteiger partial charge in [-0.2, -0.15) is 0 Å². The molecule has 0 rings (SSSR count). The van der Waals surface area contributed by atoms with Crippen LogP contribution in [0.3, 0.4) is 0 Å². The van der Waals surface area contributed by atoms with Crippen molar-refractivity contribution in [3.63, 3.8) is 0 Å². The maximum Gasteiger partial charge on any atom is 0.306 e. The molecule has 5 nitrogen and oxygen atoms in total. The molecule has 0 aliphatic heterocycles. The molecule has 0 saturated heterocycles. The van der Waals surface area contributed by atoms with Crippen LogP contribution in [0.1, 0.15) is 264 Å². The topological polar surface area (TPSA) is 72.8 Å². The average Bonchev–Trinajstić information content (AvgIpc) is 3.29. The second kappa shape index (κ2) is 53.7. The van der Waals surface area contributed by atoms with Crippen LogP contribution in [0.2, 0.25) is 0 Å². The maximum absolute atomic E-state index is 12.3. The van der Waals surface area contributed by atoms with Gasteiger partial charge in [-0.25, -0.2) is 0 Å². The molecule has 0 fully saturated rings. The van der Waals surface area contributed by atoms with Gasteiger partial charge in [-0.1, -0.05) is 241 Å². The summed E-state index contributed by atoms with van der Waals surface area (Å²) < 4.78 is 10.7. The molecule has 0 spiro atoms. The molecule has 0 aliphatic rings. The summed E-state index contributed by atoms with van der Waals surface area (Å²) in [7, 11) is 0. The van der Waals surface area contributed by atoms with Gasteiger partial charge in [0.15, 0.2) is 6.10 Å². The van der Waals surface area contributed by atoms with E-state index >= 15 is 0 Å². The number of hydrogen-bond acceptors (Lipinski definition) is 5. The summed E-state index contributed by atoms with van der Waals surface area (Å²) in [6.45, 7) is 4.02. The maximum atomic E-state index is 12.3. The second-order valence-electron chi connectivity index (χ2n) is 17.9. The highest BCUT2D eigenvalue weighted by molar-refractivity contribution is 5.70. The SMILES string of the molecule is CC/C=C\C/C=C\C/C=C\C/C=C\CCCCCCCCCCCCCCCCCCCCCCC(=O)OC(CO)COC(=O)CCCCCCC/C=C\C/C=C\CCCCCC. The van der Waals surface area contributed by atoms with Gasteiger partial charge in [-0.15, -0.1) is 0 Å². The molecule has 0 aliphatic carbocycles. The van der Waals surface area contributed by atoms with E-state index in [1.165, 1.54) is 161 Å². The minimum atomic E-state index is -0.778. The zero-order valence-electron chi connectivity index (χ0n) is 41.6. The van der Waals surface area contributed by atoms with Gasteiger partial charge in [0.05, 0.1) is 6.61 Å². The van der Waals surface area contributed by atoms with Crippen molar-refractivity contribution in [2.24, 2.45) is 0 Å². The molecule has 0 bridgehead atoms. The summed E-state index contributed by atoms with van der Waals surface area (Å²) in [6.07, 6.45) is 73.0. The lowest BCUT2D eigenvalue weighted by Crippen LogP contribution is -2.28. The number of ether oxygens (including phenoxy) is 2. The number of aliphatic hydroxyl groups excluding tert-OH is 1. The zero-order chi connectivity index (χ0) is 45.6. The average molecular weight is 879 g/mol. The van der Waals surface area contributed by atoms with E-state index in [9.17, 15) is 14.7 Å². The van der Waals surface area contributed by atoms with Crippen LogP contribution in [0.25, 0.3) is 0 Å². The molecule has 0 radical (unpaired) electrons. The smallest absolute Gasteiger partial charge is 0.306 e. The molecule has 0 aromatic rings. The first-order chi connectivity index (χ1) is 31.1. The van der Waals surface area contributed by atoms with Crippen molar-refractivity contribution in [3.8, 4) is 0 Å². The van der Waals surface area contributed by atoms with Crippen LogP contribution >= 0.6 is 0 Å². The van der Waals surface area contributed by atoms with Gasteiger partial charge in [-0.05, 0) is 83.5 Å². The first kappa shape index (κ1) is 60.3. The van der Waals surface area contributed by atoms with E-state index in [0.29, 0.717) is 12.8 Å². The van der Waals surface area contributed by atoms with Crippen LogP contribution in [-0.4, -0.2) is 36.4 Å². The predicted molar refractivity (Wildman–Crippen MR) is 274 cm³/mol.